The van der Waals surface area contributed by atoms with Crippen molar-refractivity contribution in [3.05, 3.63) is 0 Å². The minimum absolute atomic E-state index is 1.37. The minimum Gasteiger partial charge on any atom is -0.0810 e. The molecule has 0 aliphatic rings. The molecule has 0 saturated heterocycles. The molecule has 0 atom stereocenters. The fourth-order valence-electron chi connectivity index (χ4n) is 2.47. The van der Waals surface area contributed by atoms with E-state index in [0.29, 0.717) is 0 Å². The molecule has 1 radical (unpaired) electrons. The van der Waals surface area contributed by atoms with Gasteiger partial charge in [0.2, 0.25) is 0 Å². The normalized spacial score (nSPS) is 11.7. The Morgan fingerprint density at radius 1 is 0.421 bits per heavy atom. The summed E-state index contributed by atoms with van der Waals surface area (Å²) >= 11 is 0. The van der Waals surface area contributed by atoms with Crippen molar-refractivity contribution >= 4 is 8.58 Å². The van der Waals surface area contributed by atoms with Gasteiger partial charge in [0.25, 0.3) is 0 Å². The Labute approximate surface area is 125 Å². The van der Waals surface area contributed by atoms with E-state index in [0.717, 1.165) is 0 Å². The van der Waals surface area contributed by atoms with Crippen molar-refractivity contribution in [3.8, 4) is 0 Å². The maximum atomic E-state index is 2.29. The predicted molar refractivity (Wildman–Crippen MR) is 92.6 cm³/mol. The van der Waals surface area contributed by atoms with Gasteiger partial charge in [0.05, 0.1) is 0 Å². The molecule has 0 rings (SSSR count). The van der Waals surface area contributed by atoms with E-state index in [4.69, 9.17) is 0 Å². The van der Waals surface area contributed by atoms with Gasteiger partial charge in [-0.05, 0) is 25.2 Å². The Morgan fingerprint density at radius 2 is 0.737 bits per heavy atom. The molecule has 0 heterocycles. The molecule has 1 heteroatoms. The van der Waals surface area contributed by atoms with E-state index in [2.05, 4.69) is 13.8 Å². The summed E-state index contributed by atoms with van der Waals surface area (Å²) in [6.07, 6.45) is 23.3. The van der Waals surface area contributed by atoms with E-state index in [-0.39, 0.29) is 0 Å². The second-order valence-corrected chi connectivity index (χ2v) is 7.26. The molecule has 0 bridgehead atoms. The van der Waals surface area contributed by atoms with E-state index in [1.807, 2.05) is 0 Å². The lowest BCUT2D eigenvalue weighted by Crippen LogP contribution is -1.85. The van der Waals surface area contributed by atoms with Crippen molar-refractivity contribution in [2.24, 2.45) is 0 Å². The molecule has 19 heavy (non-hydrogen) atoms. The summed E-state index contributed by atoms with van der Waals surface area (Å²) in [7, 11) is 1.72. The standard InChI is InChI=1S/C18H38P/c1-3-5-7-9-10-11-12-14-16-18-19-17-15-13-8-6-4-2/h3-18H2,1-2H3. The number of unbranched alkanes of at least 4 members (excludes halogenated alkanes) is 12. The van der Waals surface area contributed by atoms with Crippen LogP contribution in [-0.4, -0.2) is 12.3 Å². The second kappa shape index (κ2) is 18.4. The second-order valence-electron chi connectivity index (χ2n) is 5.91. The van der Waals surface area contributed by atoms with E-state index in [1.54, 1.807) is 8.58 Å². The molecule has 0 aromatic heterocycles. The van der Waals surface area contributed by atoms with Crippen LogP contribution in [0.2, 0.25) is 0 Å². The van der Waals surface area contributed by atoms with Gasteiger partial charge in [-0.2, -0.15) is 0 Å². The van der Waals surface area contributed by atoms with Crippen molar-refractivity contribution in [2.45, 2.75) is 104 Å². The highest BCUT2D eigenvalue weighted by Gasteiger charge is 1.94. The first-order chi connectivity index (χ1) is 9.41. The van der Waals surface area contributed by atoms with E-state index in [1.165, 1.54) is 102 Å². The molecular weight excluding hydrogens is 247 g/mol. The Morgan fingerprint density at radius 3 is 1.11 bits per heavy atom. The van der Waals surface area contributed by atoms with Crippen LogP contribution >= 0.6 is 8.58 Å². The summed E-state index contributed by atoms with van der Waals surface area (Å²) in [4.78, 5) is 0. The molecule has 0 N–H and O–H groups in total. The fraction of sp³-hybridized carbons (Fsp3) is 1.00. The van der Waals surface area contributed by atoms with Gasteiger partial charge in [-0.1, -0.05) is 99.5 Å². The molecule has 0 aliphatic carbocycles. The van der Waals surface area contributed by atoms with Crippen LogP contribution in [0.1, 0.15) is 104 Å². The van der Waals surface area contributed by atoms with Crippen LogP contribution in [-0.2, 0) is 0 Å². The lowest BCUT2D eigenvalue weighted by atomic mass is 10.1. The third-order valence-corrected chi connectivity index (χ3v) is 5.10. The fourth-order valence-corrected chi connectivity index (χ4v) is 3.59. The largest absolute Gasteiger partial charge is 0.0810 e. The van der Waals surface area contributed by atoms with Crippen molar-refractivity contribution < 1.29 is 0 Å². The first kappa shape index (κ1) is 19.4. The Bertz CT molecular complexity index is 129. The van der Waals surface area contributed by atoms with E-state index in [9.17, 15) is 0 Å². The van der Waals surface area contributed by atoms with Gasteiger partial charge < -0.3 is 0 Å². The van der Waals surface area contributed by atoms with Crippen molar-refractivity contribution in [3.63, 3.8) is 0 Å². The quantitative estimate of drug-likeness (QED) is 0.204. The van der Waals surface area contributed by atoms with Gasteiger partial charge in [0, 0.05) is 0 Å². The average molecular weight is 285 g/mol. The first-order valence-electron chi connectivity index (χ1n) is 9.05. The molecule has 0 aliphatic heterocycles. The lowest BCUT2D eigenvalue weighted by Gasteiger charge is -2.03. The maximum Gasteiger partial charge on any atom is -0.0287 e. The highest BCUT2D eigenvalue weighted by atomic mass is 31.1. The van der Waals surface area contributed by atoms with Crippen molar-refractivity contribution in [1.82, 2.24) is 0 Å². The molecule has 0 nitrogen and oxygen atoms in total. The molecule has 0 unspecified atom stereocenters. The predicted octanol–water partition coefficient (Wildman–Crippen LogP) is 7.43. The summed E-state index contributed by atoms with van der Waals surface area (Å²) in [5.41, 5.74) is 0. The smallest absolute Gasteiger partial charge is 0.0287 e. The summed E-state index contributed by atoms with van der Waals surface area (Å²) in [5, 5.41) is 0. The van der Waals surface area contributed by atoms with Gasteiger partial charge >= 0.3 is 0 Å². The summed E-state index contributed by atoms with van der Waals surface area (Å²) in [6, 6.07) is 0. The Kier molecular flexibility index (Phi) is 18.8. The molecule has 0 aromatic carbocycles. The average Bonchev–Trinajstić information content (AvgIpc) is 2.43. The van der Waals surface area contributed by atoms with Crippen molar-refractivity contribution in [2.75, 3.05) is 12.3 Å². The van der Waals surface area contributed by atoms with Crippen LogP contribution in [0.25, 0.3) is 0 Å². The zero-order valence-electron chi connectivity index (χ0n) is 13.8. The summed E-state index contributed by atoms with van der Waals surface area (Å²) < 4.78 is 0. The third kappa shape index (κ3) is 18.4. The monoisotopic (exact) mass is 285 g/mol. The van der Waals surface area contributed by atoms with Crippen LogP contribution in [0.4, 0.5) is 0 Å². The van der Waals surface area contributed by atoms with Crippen molar-refractivity contribution in [1.29, 1.82) is 0 Å². The van der Waals surface area contributed by atoms with Crippen LogP contribution in [0.3, 0.4) is 0 Å². The van der Waals surface area contributed by atoms with Gasteiger partial charge in [-0.15, -0.1) is 0 Å². The molecule has 0 spiro atoms. The highest BCUT2D eigenvalue weighted by molar-refractivity contribution is 7.37. The molecule has 0 amide bonds. The highest BCUT2D eigenvalue weighted by Crippen LogP contribution is 2.18. The lowest BCUT2D eigenvalue weighted by molar-refractivity contribution is 0.573. The Balaban J connectivity index is 2.88. The van der Waals surface area contributed by atoms with Gasteiger partial charge in [-0.3, -0.25) is 0 Å². The van der Waals surface area contributed by atoms with Crippen LogP contribution in [0.5, 0.6) is 0 Å². The molecule has 0 aromatic rings. The van der Waals surface area contributed by atoms with Crippen LogP contribution in [0, 0.1) is 0 Å². The number of rotatable bonds is 16. The van der Waals surface area contributed by atoms with Crippen LogP contribution < -0.4 is 0 Å². The first-order valence-corrected chi connectivity index (χ1v) is 10.3. The van der Waals surface area contributed by atoms with Crippen LogP contribution in [0.15, 0.2) is 0 Å². The number of hydrogen-bond donors (Lipinski definition) is 0. The molecule has 0 fully saturated rings. The van der Waals surface area contributed by atoms with E-state index < -0.39 is 0 Å². The zero-order chi connectivity index (χ0) is 14.0. The van der Waals surface area contributed by atoms with E-state index >= 15 is 0 Å². The number of hydrogen-bond acceptors (Lipinski definition) is 0. The van der Waals surface area contributed by atoms with Gasteiger partial charge in [0.15, 0.2) is 0 Å². The van der Waals surface area contributed by atoms with Gasteiger partial charge in [-0.25, -0.2) is 0 Å². The summed E-state index contributed by atoms with van der Waals surface area (Å²) in [5.74, 6) is 0. The molecular formula is C18H38P. The molecule has 0 saturated carbocycles. The maximum absolute atomic E-state index is 2.29. The molecule has 115 valence electrons. The third-order valence-electron chi connectivity index (χ3n) is 3.84. The topological polar surface area (TPSA) is 0 Å². The summed E-state index contributed by atoms with van der Waals surface area (Å²) in [6.45, 7) is 4.59. The Hall–Kier alpha value is 0.430. The van der Waals surface area contributed by atoms with Gasteiger partial charge in [0.1, 0.15) is 0 Å². The SMILES string of the molecule is CCCCCCCCCCC[P]CCCCCCC. The minimum atomic E-state index is 1.37. The zero-order valence-corrected chi connectivity index (χ0v) is 14.7.